The van der Waals surface area contributed by atoms with Gasteiger partial charge in [0.25, 0.3) is 0 Å². The average molecular weight is 259 g/mol. The lowest BCUT2D eigenvalue weighted by atomic mass is 9.83. The molecule has 2 aromatic rings. The normalized spacial score (nSPS) is 23.3. The van der Waals surface area contributed by atoms with Crippen LogP contribution >= 0.6 is 0 Å². The molecule has 1 saturated heterocycles. The van der Waals surface area contributed by atoms with Crippen LogP contribution in [-0.2, 0) is 9.59 Å². The Balaban J connectivity index is 2.08. The molecule has 1 fully saturated rings. The zero-order valence-corrected chi connectivity index (χ0v) is 10.1. The number of carboxylic acids is 1. The van der Waals surface area contributed by atoms with Gasteiger partial charge < -0.3 is 14.8 Å². The minimum absolute atomic E-state index is 0.344. The first-order valence-electron chi connectivity index (χ1n) is 6.11. The molecular weight excluding hydrogens is 246 g/mol. The molecule has 0 radical (unpaired) electrons. The van der Waals surface area contributed by atoms with Crippen molar-refractivity contribution in [3.63, 3.8) is 0 Å². The topological polar surface area (TPSA) is 83.7 Å². The molecule has 0 saturated carbocycles. The third kappa shape index (κ3) is 1.85. The van der Waals surface area contributed by atoms with Gasteiger partial charge in [-0.1, -0.05) is 6.07 Å². The number of carbonyl (C=O) groups is 2. The molecule has 6 nitrogen and oxygen atoms in total. The predicted octanol–water partition coefficient (Wildman–Crippen LogP) is 0.639. The molecule has 0 bridgehead atoms. The van der Waals surface area contributed by atoms with Gasteiger partial charge in [-0.3, -0.25) is 9.59 Å². The largest absolute Gasteiger partial charge is 0.481 e. The van der Waals surface area contributed by atoms with E-state index in [1.165, 1.54) is 0 Å². The number of amides is 1. The van der Waals surface area contributed by atoms with Gasteiger partial charge in [0.05, 0.1) is 0 Å². The average Bonchev–Trinajstić information content (AvgIpc) is 2.81. The number of aliphatic carboxylic acids is 1. The molecule has 1 aliphatic heterocycles. The zero-order chi connectivity index (χ0) is 13.4. The van der Waals surface area contributed by atoms with Crippen LogP contribution < -0.4 is 5.32 Å². The van der Waals surface area contributed by atoms with Crippen molar-refractivity contribution in [3.05, 3.63) is 36.3 Å². The summed E-state index contributed by atoms with van der Waals surface area (Å²) in [5, 5.41) is 11.9. The molecule has 3 rings (SSSR count). The van der Waals surface area contributed by atoms with Gasteiger partial charge in [0.1, 0.15) is 11.6 Å². The number of fused-ring (bicyclic) bond motifs is 1. The van der Waals surface area contributed by atoms with Crippen LogP contribution in [0.2, 0.25) is 0 Å². The maximum Gasteiger partial charge on any atom is 0.316 e. The van der Waals surface area contributed by atoms with E-state index in [0.29, 0.717) is 13.0 Å². The molecule has 2 unspecified atom stereocenters. The highest BCUT2D eigenvalue weighted by atomic mass is 16.4. The SMILES string of the molecule is O=C(O)C1C(=O)NCCC1c1cnc2ccccn12. The van der Waals surface area contributed by atoms with Gasteiger partial charge >= 0.3 is 5.97 Å². The molecule has 2 aromatic heterocycles. The van der Waals surface area contributed by atoms with Crippen molar-refractivity contribution in [2.24, 2.45) is 5.92 Å². The van der Waals surface area contributed by atoms with E-state index < -0.39 is 17.8 Å². The third-order valence-corrected chi connectivity index (χ3v) is 3.53. The van der Waals surface area contributed by atoms with Gasteiger partial charge in [-0.05, 0) is 18.6 Å². The highest BCUT2D eigenvalue weighted by Gasteiger charge is 2.39. The number of carboxylic acid groups (broad SMARTS) is 1. The molecule has 0 aliphatic carbocycles. The van der Waals surface area contributed by atoms with Crippen molar-refractivity contribution in [2.45, 2.75) is 12.3 Å². The summed E-state index contributed by atoms with van der Waals surface area (Å²) >= 11 is 0. The molecule has 19 heavy (non-hydrogen) atoms. The van der Waals surface area contributed by atoms with Crippen LogP contribution in [0.1, 0.15) is 18.0 Å². The van der Waals surface area contributed by atoms with E-state index in [0.717, 1.165) is 11.3 Å². The van der Waals surface area contributed by atoms with Crippen molar-refractivity contribution in [1.29, 1.82) is 0 Å². The van der Waals surface area contributed by atoms with Crippen LogP contribution in [-0.4, -0.2) is 32.9 Å². The Morgan fingerprint density at radius 3 is 3.11 bits per heavy atom. The quantitative estimate of drug-likeness (QED) is 0.775. The standard InChI is InChI=1S/C13H13N3O3/c17-12-11(13(18)19)8(4-5-14-12)9-7-15-10-3-1-2-6-16(9)10/h1-3,6-8,11H,4-5H2,(H,14,17)(H,18,19). The molecule has 0 aromatic carbocycles. The number of hydrogen-bond donors (Lipinski definition) is 2. The highest BCUT2D eigenvalue weighted by Crippen LogP contribution is 2.31. The van der Waals surface area contributed by atoms with E-state index in [-0.39, 0.29) is 5.92 Å². The van der Waals surface area contributed by atoms with E-state index in [4.69, 9.17) is 0 Å². The number of hydrogen-bond acceptors (Lipinski definition) is 3. The summed E-state index contributed by atoms with van der Waals surface area (Å²) < 4.78 is 1.85. The first kappa shape index (κ1) is 11.7. The monoisotopic (exact) mass is 259 g/mol. The number of aromatic nitrogens is 2. The smallest absolute Gasteiger partial charge is 0.316 e. The van der Waals surface area contributed by atoms with Crippen molar-refractivity contribution in [2.75, 3.05) is 6.54 Å². The summed E-state index contributed by atoms with van der Waals surface area (Å²) in [6, 6.07) is 5.58. The number of nitrogens with one attached hydrogen (secondary N) is 1. The number of piperidine rings is 1. The van der Waals surface area contributed by atoms with Crippen LogP contribution in [0.15, 0.2) is 30.6 Å². The Morgan fingerprint density at radius 2 is 2.32 bits per heavy atom. The minimum atomic E-state index is -1.09. The van der Waals surface area contributed by atoms with Crippen molar-refractivity contribution in [1.82, 2.24) is 14.7 Å². The summed E-state index contributed by atoms with van der Waals surface area (Å²) in [5.41, 5.74) is 1.53. The molecule has 2 N–H and O–H groups in total. The van der Waals surface area contributed by atoms with Gasteiger partial charge in [0.15, 0.2) is 0 Å². The van der Waals surface area contributed by atoms with Gasteiger partial charge in [-0.2, -0.15) is 0 Å². The number of pyridine rings is 1. The Morgan fingerprint density at radius 1 is 1.47 bits per heavy atom. The van der Waals surface area contributed by atoms with E-state index >= 15 is 0 Å². The van der Waals surface area contributed by atoms with Gasteiger partial charge in [0.2, 0.25) is 5.91 Å². The molecular formula is C13H13N3O3. The molecule has 0 spiro atoms. The fourth-order valence-corrected chi connectivity index (χ4v) is 2.64. The predicted molar refractivity (Wildman–Crippen MR) is 66.7 cm³/mol. The van der Waals surface area contributed by atoms with Crippen LogP contribution in [0.25, 0.3) is 5.65 Å². The second kappa shape index (κ2) is 4.38. The third-order valence-electron chi connectivity index (χ3n) is 3.53. The lowest BCUT2D eigenvalue weighted by molar-refractivity contribution is -0.149. The summed E-state index contributed by atoms with van der Waals surface area (Å²) in [5.74, 6) is -2.90. The fraction of sp³-hybridized carbons (Fsp3) is 0.308. The first-order valence-corrected chi connectivity index (χ1v) is 6.11. The van der Waals surface area contributed by atoms with Crippen LogP contribution in [0.5, 0.6) is 0 Å². The second-order valence-electron chi connectivity index (χ2n) is 4.61. The molecule has 3 heterocycles. The van der Waals surface area contributed by atoms with E-state index in [1.54, 1.807) is 6.20 Å². The number of imidazole rings is 1. The summed E-state index contributed by atoms with van der Waals surface area (Å²) in [7, 11) is 0. The lowest BCUT2D eigenvalue weighted by Crippen LogP contribution is -2.45. The van der Waals surface area contributed by atoms with Crippen LogP contribution in [0, 0.1) is 5.92 Å². The van der Waals surface area contributed by atoms with Gasteiger partial charge in [-0.25, -0.2) is 4.98 Å². The van der Waals surface area contributed by atoms with Gasteiger partial charge in [0, 0.05) is 30.6 Å². The fourth-order valence-electron chi connectivity index (χ4n) is 2.64. The zero-order valence-electron chi connectivity index (χ0n) is 10.1. The summed E-state index contributed by atoms with van der Waals surface area (Å²) in [6.07, 6.45) is 4.10. The molecule has 6 heteroatoms. The number of rotatable bonds is 2. The maximum atomic E-state index is 11.8. The van der Waals surface area contributed by atoms with Crippen molar-refractivity contribution >= 4 is 17.5 Å². The van der Waals surface area contributed by atoms with Crippen LogP contribution in [0.3, 0.4) is 0 Å². The van der Waals surface area contributed by atoms with Crippen LogP contribution in [0.4, 0.5) is 0 Å². The molecule has 1 amide bonds. The Kier molecular flexibility index (Phi) is 2.70. The summed E-state index contributed by atoms with van der Waals surface area (Å²) in [4.78, 5) is 27.3. The molecule has 2 atom stereocenters. The number of carbonyl (C=O) groups excluding carboxylic acids is 1. The van der Waals surface area contributed by atoms with E-state index in [9.17, 15) is 14.7 Å². The van der Waals surface area contributed by atoms with Crippen molar-refractivity contribution in [3.8, 4) is 0 Å². The Hall–Kier alpha value is -2.37. The number of nitrogens with zero attached hydrogens (tertiary/aromatic N) is 2. The molecule has 1 aliphatic rings. The Labute approximate surface area is 109 Å². The van der Waals surface area contributed by atoms with E-state index in [1.807, 2.05) is 28.8 Å². The van der Waals surface area contributed by atoms with E-state index in [2.05, 4.69) is 10.3 Å². The minimum Gasteiger partial charge on any atom is -0.481 e. The Bertz CT molecular complexity index is 649. The second-order valence-corrected chi connectivity index (χ2v) is 4.61. The van der Waals surface area contributed by atoms with Crippen molar-refractivity contribution < 1.29 is 14.7 Å². The summed E-state index contributed by atoms with van der Waals surface area (Å²) in [6.45, 7) is 0.493. The highest BCUT2D eigenvalue weighted by molar-refractivity contribution is 5.98. The first-order chi connectivity index (χ1) is 9.18. The van der Waals surface area contributed by atoms with Gasteiger partial charge in [-0.15, -0.1) is 0 Å². The molecule has 98 valence electrons. The lowest BCUT2D eigenvalue weighted by Gasteiger charge is -2.27. The maximum absolute atomic E-state index is 11.8.